The van der Waals surface area contributed by atoms with Gasteiger partial charge in [-0.25, -0.2) is 4.99 Å². The van der Waals surface area contributed by atoms with Crippen LogP contribution in [0.25, 0.3) is 0 Å². The van der Waals surface area contributed by atoms with Crippen LogP contribution in [0.5, 0.6) is 0 Å². The number of nitrogens with one attached hydrogen (secondary N) is 2. The molecule has 7 heteroatoms. The zero-order valence-corrected chi connectivity index (χ0v) is 16.8. The molecule has 1 saturated heterocycles. The number of amides is 2. The highest BCUT2D eigenvalue weighted by Crippen LogP contribution is 2.31. The number of hydrogen-bond donors (Lipinski definition) is 2. The largest absolute Gasteiger partial charge is 0.352 e. The van der Waals surface area contributed by atoms with Gasteiger partial charge in [0, 0.05) is 33.2 Å². The van der Waals surface area contributed by atoms with Crippen LogP contribution in [0, 0.1) is 11.3 Å². The van der Waals surface area contributed by atoms with E-state index in [1.807, 2.05) is 13.8 Å². The molecule has 0 saturated carbocycles. The topological polar surface area (TPSA) is 77.0 Å². The van der Waals surface area contributed by atoms with Crippen LogP contribution in [-0.2, 0) is 9.59 Å². The first-order valence-electron chi connectivity index (χ1n) is 9.03. The number of rotatable bonds is 5. The fraction of sp³-hybridized carbons (Fsp3) is 0.833. The Morgan fingerprint density at radius 2 is 1.96 bits per heavy atom. The van der Waals surface area contributed by atoms with Gasteiger partial charge >= 0.3 is 0 Å². The van der Waals surface area contributed by atoms with Crippen LogP contribution in [0.2, 0.25) is 0 Å². The van der Waals surface area contributed by atoms with Crippen LogP contribution in [0.3, 0.4) is 0 Å². The van der Waals surface area contributed by atoms with Crippen molar-refractivity contribution in [1.29, 1.82) is 0 Å². The summed E-state index contributed by atoms with van der Waals surface area (Å²) in [5.74, 6) is 1.03. The number of carbonyl (C=O) groups excluding carboxylic acids is 2. The van der Waals surface area contributed by atoms with E-state index in [-0.39, 0.29) is 36.4 Å². The SMILES string of the molecule is CC1CN(C(=NCC(=O)NC(C)C)NCC(=O)N(C)C)CC(C)(C)C1. The second kappa shape index (κ2) is 9.06. The Morgan fingerprint density at radius 3 is 2.48 bits per heavy atom. The number of nitrogens with zero attached hydrogens (tertiary/aromatic N) is 3. The Morgan fingerprint density at radius 1 is 1.32 bits per heavy atom. The Labute approximate surface area is 152 Å². The van der Waals surface area contributed by atoms with Crippen LogP contribution in [-0.4, -0.2) is 73.9 Å². The summed E-state index contributed by atoms with van der Waals surface area (Å²) in [6.07, 6.45) is 1.15. The van der Waals surface area contributed by atoms with E-state index in [1.54, 1.807) is 19.0 Å². The summed E-state index contributed by atoms with van der Waals surface area (Å²) in [7, 11) is 3.45. The van der Waals surface area contributed by atoms with Gasteiger partial charge in [-0.3, -0.25) is 9.59 Å². The third-order valence-corrected chi connectivity index (χ3v) is 4.07. The third-order valence-electron chi connectivity index (χ3n) is 4.07. The molecule has 0 spiro atoms. The first-order chi connectivity index (χ1) is 11.5. The maximum atomic E-state index is 11.9. The molecular formula is C18H35N5O2. The molecule has 0 bridgehead atoms. The number of likely N-dealkylation sites (N-methyl/N-ethyl adjacent to an activating group) is 1. The highest BCUT2D eigenvalue weighted by molar-refractivity contribution is 5.88. The molecule has 1 rings (SSSR count). The Balaban J connectivity index is 2.86. The lowest BCUT2D eigenvalue weighted by Gasteiger charge is -2.43. The first-order valence-corrected chi connectivity index (χ1v) is 9.03. The number of piperidine rings is 1. The average molecular weight is 354 g/mol. The molecule has 1 fully saturated rings. The molecule has 1 aliphatic rings. The highest BCUT2D eigenvalue weighted by atomic mass is 16.2. The smallest absolute Gasteiger partial charge is 0.242 e. The zero-order chi connectivity index (χ0) is 19.2. The molecule has 1 heterocycles. The summed E-state index contributed by atoms with van der Waals surface area (Å²) in [5.41, 5.74) is 0.172. The molecule has 7 nitrogen and oxygen atoms in total. The van der Waals surface area contributed by atoms with Gasteiger partial charge in [-0.1, -0.05) is 20.8 Å². The number of aliphatic imine (C=N–C) groups is 1. The molecule has 0 aromatic heterocycles. The van der Waals surface area contributed by atoms with E-state index in [1.165, 1.54) is 0 Å². The Bertz CT molecular complexity index is 500. The summed E-state index contributed by atoms with van der Waals surface area (Å²) in [6, 6.07) is 0.0865. The van der Waals surface area contributed by atoms with Crippen molar-refractivity contribution >= 4 is 17.8 Å². The molecule has 0 aromatic carbocycles. The van der Waals surface area contributed by atoms with E-state index in [4.69, 9.17) is 0 Å². The van der Waals surface area contributed by atoms with Crippen molar-refractivity contribution < 1.29 is 9.59 Å². The van der Waals surface area contributed by atoms with Crippen LogP contribution < -0.4 is 10.6 Å². The lowest BCUT2D eigenvalue weighted by atomic mass is 9.79. The summed E-state index contributed by atoms with van der Waals surface area (Å²) >= 11 is 0. The number of guanidine groups is 1. The molecule has 2 amide bonds. The Kier molecular flexibility index (Phi) is 7.70. The number of carbonyl (C=O) groups is 2. The number of hydrogen-bond acceptors (Lipinski definition) is 3. The maximum Gasteiger partial charge on any atom is 0.242 e. The molecule has 1 aliphatic heterocycles. The standard InChI is InChI=1S/C18H35N5O2/c1-13(2)21-15(24)9-19-17(20-10-16(25)22(6)7)23-11-14(3)8-18(4,5)12-23/h13-14H,8-12H2,1-7H3,(H,19,20)(H,21,24). The summed E-state index contributed by atoms with van der Waals surface area (Å²) in [4.78, 5) is 32.0. The molecule has 1 unspecified atom stereocenters. The van der Waals surface area contributed by atoms with E-state index in [9.17, 15) is 9.59 Å². The second-order valence-electron chi connectivity index (χ2n) is 8.36. The van der Waals surface area contributed by atoms with Crippen molar-refractivity contribution in [3.8, 4) is 0 Å². The average Bonchev–Trinajstić information content (AvgIpc) is 2.43. The molecule has 144 valence electrons. The number of likely N-dealkylation sites (tertiary alicyclic amines) is 1. The molecule has 0 radical (unpaired) electrons. The molecule has 1 atom stereocenters. The van der Waals surface area contributed by atoms with Gasteiger partial charge in [0.05, 0.1) is 6.54 Å². The van der Waals surface area contributed by atoms with Crippen LogP contribution >= 0.6 is 0 Å². The van der Waals surface area contributed by atoms with Gasteiger partial charge in [0.15, 0.2) is 5.96 Å². The van der Waals surface area contributed by atoms with Crippen molar-refractivity contribution in [3.05, 3.63) is 0 Å². The summed E-state index contributed by atoms with van der Waals surface area (Å²) < 4.78 is 0. The second-order valence-corrected chi connectivity index (χ2v) is 8.36. The van der Waals surface area contributed by atoms with Gasteiger partial charge in [-0.15, -0.1) is 0 Å². The third kappa shape index (κ3) is 7.75. The molecule has 2 N–H and O–H groups in total. The molecule has 0 aromatic rings. The molecule has 0 aliphatic carbocycles. The van der Waals surface area contributed by atoms with Crippen molar-refractivity contribution in [2.45, 2.75) is 47.1 Å². The van der Waals surface area contributed by atoms with Gasteiger partial charge < -0.3 is 20.4 Å². The fourth-order valence-electron chi connectivity index (χ4n) is 3.29. The van der Waals surface area contributed by atoms with Crippen molar-refractivity contribution in [2.75, 3.05) is 40.3 Å². The van der Waals surface area contributed by atoms with Gasteiger partial charge in [-0.05, 0) is 31.6 Å². The minimum Gasteiger partial charge on any atom is -0.352 e. The molecular weight excluding hydrogens is 318 g/mol. The lowest BCUT2D eigenvalue weighted by molar-refractivity contribution is -0.127. The van der Waals surface area contributed by atoms with E-state index in [0.29, 0.717) is 11.9 Å². The predicted octanol–water partition coefficient (Wildman–Crippen LogP) is 0.913. The maximum absolute atomic E-state index is 11.9. The van der Waals surface area contributed by atoms with Gasteiger partial charge in [-0.2, -0.15) is 0 Å². The van der Waals surface area contributed by atoms with Gasteiger partial charge in [0.1, 0.15) is 6.54 Å². The van der Waals surface area contributed by atoms with E-state index < -0.39 is 0 Å². The van der Waals surface area contributed by atoms with Gasteiger partial charge in [0.2, 0.25) is 11.8 Å². The predicted molar refractivity (Wildman–Crippen MR) is 101 cm³/mol. The normalized spacial score (nSPS) is 20.4. The first kappa shape index (κ1) is 21.3. The van der Waals surface area contributed by atoms with Crippen molar-refractivity contribution in [1.82, 2.24) is 20.4 Å². The van der Waals surface area contributed by atoms with E-state index >= 15 is 0 Å². The monoisotopic (exact) mass is 353 g/mol. The minimum absolute atomic E-state index is 0.0244. The van der Waals surface area contributed by atoms with E-state index in [0.717, 1.165) is 19.5 Å². The lowest BCUT2D eigenvalue weighted by Crippen LogP contribution is -2.53. The van der Waals surface area contributed by atoms with Crippen molar-refractivity contribution in [2.24, 2.45) is 16.3 Å². The summed E-state index contributed by atoms with van der Waals surface area (Å²) in [6.45, 7) is 12.5. The zero-order valence-electron chi connectivity index (χ0n) is 16.8. The minimum atomic E-state index is -0.113. The highest BCUT2D eigenvalue weighted by Gasteiger charge is 2.32. The van der Waals surface area contributed by atoms with Gasteiger partial charge in [0.25, 0.3) is 0 Å². The van der Waals surface area contributed by atoms with Crippen LogP contribution in [0.4, 0.5) is 0 Å². The fourth-order valence-corrected chi connectivity index (χ4v) is 3.29. The summed E-state index contributed by atoms with van der Waals surface area (Å²) in [5, 5.41) is 5.98. The van der Waals surface area contributed by atoms with E-state index in [2.05, 4.69) is 41.3 Å². The van der Waals surface area contributed by atoms with Crippen molar-refractivity contribution in [3.63, 3.8) is 0 Å². The van der Waals surface area contributed by atoms with Crippen LogP contribution in [0.1, 0.15) is 41.0 Å². The molecule has 25 heavy (non-hydrogen) atoms. The Hall–Kier alpha value is -1.79. The quantitative estimate of drug-likeness (QED) is 0.569. The van der Waals surface area contributed by atoms with Crippen LogP contribution in [0.15, 0.2) is 4.99 Å².